The number of halogens is 1. The van der Waals surface area contributed by atoms with E-state index in [1.54, 1.807) is 7.05 Å². The molecule has 0 saturated heterocycles. The number of anilines is 1. The van der Waals surface area contributed by atoms with Crippen molar-refractivity contribution in [1.29, 1.82) is 0 Å². The average molecular weight is 491 g/mol. The standard InChI is InChI=1S/C22H34FN5O3S.Na/c1-13(2)18-9-16(23)10-19(14(3)4)21(18)24-22(29)26-32(30,31)20-11-17(28(8)25-20)12-27(7)15(5)6;/h9-11,13-15H,12H2,1-8H3,(H2,24,26,29);. The van der Waals surface area contributed by atoms with E-state index < -0.39 is 21.9 Å². The van der Waals surface area contributed by atoms with Crippen molar-refractivity contribution in [1.82, 2.24) is 19.4 Å². The number of urea groups is 1. The van der Waals surface area contributed by atoms with E-state index in [0.717, 1.165) is 0 Å². The van der Waals surface area contributed by atoms with Crippen LogP contribution in [0.2, 0.25) is 0 Å². The van der Waals surface area contributed by atoms with Gasteiger partial charge in [-0.25, -0.2) is 13.9 Å². The maximum Gasteiger partial charge on any atom is 0.333 e. The Balaban J connectivity index is 0.00000544. The van der Waals surface area contributed by atoms with E-state index in [2.05, 4.69) is 10.4 Å². The minimum Gasteiger partial charge on any atom is -0.307 e. The predicted molar refractivity (Wildman–Crippen MR) is 129 cm³/mol. The Morgan fingerprint density at radius 1 is 1.09 bits per heavy atom. The molecule has 2 aromatic rings. The van der Waals surface area contributed by atoms with Crippen LogP contribution >= 0.6 is 0 Å². The van der Waals surface area contributed by atoms with Crippen LogP contribution in [0.25, 0.3) is 0 Å². The second-order valence-corrected chi connectivity index (χ2v) is 10.6. The largest absolute Gasteiger partial charge is 0.333 e. The molecule has 33 heavy (non-hydrogen) atoms. The van der Waals surface area contributed by atoms with Crippen molar-refractivity contribution in [3.05, 3.63) is 40.8 Å². The van der Waals surface area contributed by atoms with E-state index in [1.807, 2.05) is 58.2 Å². The smallest absolute Gasteiger partial charge is 0.307 e. The third kappa shape index (κ3) is 7.51. The molecule has 2 N–H and O–H groups in total. The average Bonchev–Trinajstić information content (AvgIpc) is 3.03. The van der Waals surface area contributed by atoms with Crippen LogP contribution in [0.3, 0.4) is 0 Å². The van der Waals surface area contributed by atoms with Crippen LogP contribution in [-0.2, 0) is 23.6 Å². The zero-order valence-corrected chi connectivity index (χ0v) is 23.8. The first-order valence-corrected chi connectivity index (χ1v) is 12.1. The Morgan fingerprint density at radius 3 is 2.06 bits per heavy atom. The number of nitrogens with zero attached hydrogens (tertiary/aromatic N) is 3. The number of aryl methyl sites for hydroxylation is 1. The van der Waals surface area contributed by atoms with Crippen LogP contribution in [0.15, 0.2) is 23.2 Å². The van der Waals surface area contributed by atoms with Gasteiger partial charge in [-0.3, -0.25) is 9.58 Å². The molecule has 0 unspecified atom stereocenters. The van der Waals surface area contributed by atoms with Crippen LogP contribution in [0.4, 0.5) is 14.9 Å². The van der Waals surface area contributed by atoms with Gasteiger partial charge < -0.3 is 5.32 Å². The molecule has 179 valence electrons. The number of benzene rings is 1. The van der Waals surface area contributed by atoms with Crippen LogP contribution in [0.5, 0.6) is 0 Å². The molecule has 0 bridgehead atoms. The van der Waals surface area contributed by atoms with Gasteiger partial charge in [0.2, 0.25) is 0 Å². The minimum atomic E-state index is -4.20. The number of aromatic nitrogens is 2. The van der Waals surface area contributed by atoms with Gasteiger partial charge in [-0.05, 0) is 56.0 Å². The molecule has 1 aromatic heterocycles. The molecule has 0 atom stereocenters. The minimum absolute atomic E-state index is 0. The number of carbonyl (C=O) groups excluding carboxylic acids is 1. The van der Waals surface area contributed by atoms with Crippen molar-refractivity contribution < 1.29 is 17.6 Å². The second kappa shape index (κ2) is 11.8. The van der Waals surface area contributed by atoms with Gasteiger partial charge in [-0.15, -0.1) is 0 Å². The number of rotatable bonds is 8. The van der Waals surface area contributed by atoms with Gasteiger partial charge in [0.15, 0.2) is 5.03 Å². The van der Waals surface area contributed by atoms with Gasteiger partial charge in [0.05, 0.1) is 5.69 Å². The van der Waals surface area contributed by atoms with E-state index >= 15 is 0 Å². The van der Waals surface area contributed by atoms with Crippen molar-refractivity contribution >= 4 is 51.3 Å². The molecule has 0 aliphatic heterocycles. The first-order valence-electron chi connectivity index (χ1n) is 10.6. The molecule has 1 radical (unpaired) electrons. The van der Waals surface area contributed by atoms with Crippen LogP contribution in [0, 0.1) is 5.82 Å². The predicted octanol–water partition coefficient (Wildman–Crippen LogP) is 3.78. The number of hydrogen-bond donors (Lipinski definition) is 2. The Morgan fingerprint density at radius 2 is 1.61 bits per heavy atom. The van der Waals surface area contributed by atoms with E-state index in [4.69, 9.17) is 0 Å². The molecule has 1 aromatic carbocycles. The summed E-state index contributed by atoms with van der Waals surface area (Å²) >= 11 is 0. The molecule has 2 rings (SSSR count). The Bertz CT molecular complexity index is 1050. The Labute approximate surface area is 218 Å². The van der Waals surface area contributed by atoms with Crippen molar-refractivity contribution in [2.24, 2.45) is 7.05 Å². The summed E-state index contributed by atoms with van der Waals surface area (Å²) in [5.74, 6) is -0.554. The molecule has 11 heteroatoms. The summed E-state index contributed by atoms with van der Waals surface area (Å²) in [6.45, 7) is 12.1. The third-order valence-corrected chi connectivity index (χ3v) is 6.60. The monoisotopic (exact) mass is 490 g/mol. The van der Waals surface area contributed by atoms with E-state index in [-0.39, 0.29) is 52.5 Å². The van der Waals surface area contributed by atoms with Gasteiger partial charge in [-0.2, -0.15) is 13.5 Å². The van der Waals surface area contributed by atoms with Crippen LogP contribution in [-0.4, -0.2) is 71.8 Å². The van der Waals surface area contributed by atoms with E-state index in [9.17, 15) is 17.6 Å². The van der Waals surface area contributed by atoms with Crippen molar-refractivity contribution in [3.63, 3.8) is 0 Å². The summed E-state index contributed by atoms with van der Waals surface area (Å²) in [4.78, 5) is 14.7. The molecular weight excluding hydrogens is 456 g/mol. The Hall–Kier alpha value is -1.46. The summed E-state index contributed by atoms with van der Waals surface area (Å²) in [7, 11) is -0.611. The summed E-state index contributed by atoms with van der Waals surface area (Å²) < 4.78 is 43.2. The fourth-order valence-corrected chi connectivity index (χ4v) is 4.13. The normalized spacial score (nSPS) is 11.9. The van der Waals surface area contributed by atoms with Crippen LogP contribution < -0.4 is 10.0 Å². The number of hydrogen-bond acceptors (Lipinski definition) is 5. The molecular formula is C22H34FN5NaO3S. The van der Waals surface area contributed by atoms with Gasteiger partial charge in [0.25, 0.3) is 10.0 Å². The SMILES string of the molecule is CC(C)c1cc(F)cc(C(C)C)c1NC(=O)NS(=O)(=O)c1cc(CN(C)C(C)C)n(C)n1.[Na]. The Kier molecular flexibility index (Phi) is 10.6. The number of sulfonamides is 1. The third-order valence-electron chi connectivity index (χ3n) is 5.40. The first-order chi connectivity index (χ1) is 14.7. The van der Waals surface area contributed by atoms with E-state index in [0.29, 0.717) is 29.1 Å². The summed E-state index contributed by atoms with van der Waals surface area (Å²) in [6.07, 6.45) is 0. The van der Waals surface area contributed by atoms with E-state index in [1.165, 1.54) is 22.9 Å². The van der Waals surface area contributed by atoms with Crippen molar-refractivity contribution in [3.8, 4) is 0 Å². The van der Waals surface area contributed by atoms with Gasteiger partial charge in [0.1, 0.15) is 5.82 Å². The maximum atomic E-state index is 14.1. The molecule has 0 aliphatic rings. The van der Waals surface area contributed by atoms with Crippen molar-refractivity contribution in [2.45, 2.75) is 71.0 Å². The van der Waals surface area contributed by atoms with Crippen molar-refractivity contribution in [2.75, 3.05) is 12.4 Å². The molecule has 2 amide bonds. The summed E-state index contributed by atoms with van der Waals surface area (Å²) in [5.41, 5.74) is 2.31. The topological polar surface area (TPSA) is 96.3 Å². The second-order valence-electron chi connectivity index (χ2n) is 8.93. The molecule has 0 fully saturated rings. The van der Waals surface area contributed by atoms with Crippen LogP contribution in [0.1, 0.15) is 70.2 Å². The molecule has 0 saturated carbocycles. The quantitative estimate of drug-likeness (QED) is 0.549. The zero-order chi connectivity index (χ0) is 24.4. The molecule has 8 nitrogen and oxygen atoms in total. The summed E-state index contributed by atoms with van der Waals surface area (Å²) in [6, 6.07) is 3.51. The first kappa shape index (κ1) is 29.6. The molecule has 1 heterocycles. The zero-order valence-electron chi connectivity index (χ0n) is 21.0. The number of amides is 2. The number of carbonyl (C=O) groups is 1. The van der Waals surface area contributed by atoms with Gasteiger partial charge in [-0.1, -0.05) is 27.7 Å². The van der Waals surface area contributed by atoms with Gasteiger partial charge >= 0.3 is 6.03 Å². The fourth-order valence-electron chi connectivity index (χ4n) is 3.21. The maximum absolute atomic E-state index is 14.1. The fraction of sp³-hybridized carbons (Fsp3) is 0.545. The summed E-state index contributed by atoms with van der Waals surface area (Å²) in [5, 5.41) is 6.45. The van der Waals surface area contributed by atoms with Gasteiger partial charge in [0, 0.05) is 60.9 Å². The number of nitrogens with one attached hydrogen (secondary N) is 2. The molecule has 0 aliphatic carbocycles. The molecule has 0 spiro atoms.